The summed E-state index contributed by atoms with van der Waals surface area (Å²) in [6.45, 7) is 81.0. The zero-order valence-corrected chi connectivity index (χ0v) is 75.9. The number of halogens is 2. The van der Waals surface area contributed by atoms with Gasteiger partial charge in [-0.25, -0.2) is 0 Å². The third-order valence-corrected chi connectivity index (χ3v) is 34.9. The Morgan fingerprint density at radius 2 is 0.553 bits per heavy atom. The smallest absolute Gasteiger partial charge is 1.00 e. The average Bonchev–Trinajstić information content (AvgIpc) is 3.25. The predicted octanol–water partition coefficient (Wildman–Crippen LogP) is -4.37. The monoisotopic (exact) mass is 1560 g/mol. The Morgan fingerprint density at radius 3 is 0.649 bits per heavy atom. The molecule has 0 saturated carbocycles. The van der Waals surface area contributed by atoms with Gasteiger partial charge in [0.05, 0.1) is 17.1 Å². The summed E-state index contributed by atoms with van der Waals surface area (Å²) in [5, 5.41) is 0. The van der Waals surface area contributed by atoms with Crippen LogP contribution in [0.2, 0.25) is 137 Å². The van der Waals surface area contributed by atoms with Crippen molar-refractivity contribution >= 4 is 112 Å². The Balaban J connectivity index is -0.0000000271. The molecule has 0 radical (unpaired) electrons. The Morgan fingerprint density at radius 1 is 0.383 bits per heavy atom. The minimum absolute atomic E-state index is 0. The fraction of sp³-hybridized carbons (Fsp3) is 0.776. The molecule has 0 heterocycles. The van der Waals surface area contributed by atoms with Crippen LogP contribution >= 0.6 is 11.1 Å². The van der Waals surface area contributed by atoms with Gasteiger partial charge in [-0.15, -0.1) is 50.9 Å². The van der Waals surface area contributed by atoms with Crippen LogP contribution in [-0.4, -0.2) is 153 Å². The first-order valence-electron chi connectivity index (χ1n) is 27.1. The van der Waals surface area contributed by atoms with E-state index in [9.17, 15) is 19.2 Å². The van der Waals surface area contributed by atoms with Crippen LogP contribution in [0.1, 0.15) is 121 Å². The van der Waals surface area contributed by atoms with Crippen LogP contribution in [-0.2, 0) is 47.4 Å². The molecule has 0 aliphatic rings. The second-order valence-corrected chi connectivity index (χ2v) is 65.4. The van der Waals surface area contributed by atoms with Crippen LogP contribution < -0.4 is 145 Å². The van der Waals surface area contributed by atoms with E-state index in [1.165, 1.54) is 17.8 Å². The molecule has 0 aromatic carbocycles. The van der Waals surface area contributed by atoms with Crippen molar-refractivity contribution in [2.75, 3.05) is 46.8 Å². The molecule has 0 spiro atoms. The molecule has 0 aliphatic carbocycles. The van der Waals surface area contributed by atoms with Crippen LogP contribution in [0.5, 0.6) is 0 Å². The van der Waals surface area contributed by atoms with Gasteiger partial charge in [0.25, 0.3) is 0 Å². The summed E-state index contributed by atoms with van der Waals surface area (Å²) in [4.78, 5) is 52.2. The van der Waals surface area contributed by atoms with Gasteiger partial charge in [0.1, 0.15) is 0 Å². The SMILES string of the molecule is C.C.C.C.C.C.C.C.C=C[Si](C)(C)O.C=C[Si](C)(C)O[Si](C)(C)O[Si](OCC)(OCC)OCC.C=C[Si](C)(C)O[Si](C)(C)[O-].C=C[Si](C)(C)O[Si](C)(C)[O-].C=C[Si](C)(C)[O-].C=C[Si](C)(C)[O-].CCO[Si](Cl)(OCC)OCC.CO[Si](C)(C)C.[CH2-]CCC.[Cl-].[Li+].[Li+].[Li+].[Li+].[Li+].[Li+]. The summed E-state index contributed by atoms with van der Waals surface area (Å²) >= 11 is 5.91. The third-order valence-electron chi connectivity index (χ3n) is 7.73. The van der Waals surface area contributed by atoms with E-state index >= 15 is 0 Å². The number of hydrogen-bond donors (Lipinski definition) is 1. The second-order valence-electron chi connectivity index (χ2n) is 22.3. The molecule has 0 saturated heterocycles. The van der Waals surface area contributed by atoms with Crippen LogP contribution in [0.25, 0.3) is 0 Å². The number of hydrogen-bond acceptors (Lipinski definition) is 16. The van der Waals surface area contributed by atoms with Gasteiger partial charge < -0.3 is 90.8 Å². The Hall–Kier alpha value is 4.57. The van der Waals surface area contributed by atoms with E-state index in [1.54, 1.807) is 76.6 Å². The molecule has 0 aliphatic heterocycles. The van der Waals surface area contributed by atoms with Gasteiger partial charge >= 0.3 is 139 Å². The number of unbranched alkanes of at least 4 members (excludes halogenated alkanes) is 1. The first kappa shape index (κ1) is 169. The van der Waals surface area contributed by atoms with E-state index in [2.05, 4.69) is 86.1 Å². The van der Waals surface area contributed by atoms with E-state index < -0.39 is 101 Å². The predicted molar refractivity (Wildman–Crippen MR) is 417 cm³/mol. The van der Waals surface area contributed by atoms with Gasteiger partial charge in [-0.2, -0.15) is 6.42 Å². The van der Waals surface area contributed by atoms with E-state index in [1.807, 2.05) is 99.6 Å². The minimum atomic E-state index is -3.12. The first-order chi connectivity index (χ1) is 35.0. The zero-order valence-electron chi connectivity index (χ0n) is 62.4. The molecular formula is C58H156Cl2Li6O16Si12. The second kappa shape index (κ2) is 88.2. The van der Waals surface area contributed by atoms with Gasteiger partial charge in [0, 0.05) is 46.8 Å². The van der Waals surface area contributed by atoms with Crippen LogP contribution in [0.15, 0.2) is 73.7 Å². The maximum absolute atomic E-state index is 11.2. The minimum Gasteiger partial charge on any atom is -1.00 e. The van der Waals surface area contributed by atoms with Crippen molar-refractivity contribution in [3.63, 3.8) is 0 Å². The maximum Gasteiger partial charge on any atom is 1.00 e. The fourth-order valence-electron chi connectivity index (χ4n) is 3.73. The molecule has 0 aromatic heterocycles. The maximum atomic E-state index is 11.2. The van der Waals surface area contributed by atoms with Gasteiger partial charge in [0.2, 0.25) is 8.32 Å². The first-order valence-corrected chi connectivity index (χ1v) is 61.2. The Kier molecular flexibility index (Phi) is 158. The largest absolute Gasteiger partial charge is 1.00 e. The van der Waals surface area contributed by atoms with Crippen LogP contribution in [0.4, 0.5) is 0 Å². The van der Waals surface area contributed by atoms with E-state index in [4.69, 9.17) is 63.3 Å². The van der Waals surface area contributed by atoms with Crippen molar-refractivity contribution in [3.05, 3.63) is 80.6 Å². The normalized spacial score (nSPS) is 10.3. The van der Waals surface area contributed by atoms with Crippen LogP contribution in [0, 0.1) is 6.92 Å². The van der Waals surface area contributed by atoms with Gasteiger partial charge in [-0.3, -0.25) is 0 Å². The molecule has 0 fully saturated rings. The molecule has 0 rings (SSSR count). The summed E-state index contributed by atoms with van der Waals surface area (Å²) < 4.78 is 60.8. The third kappa shape index (κ3) is 159. The standard InChI is InChI=1S/C12H30O5Si3.C6H15ClO3Si.2C6H15O2Si2.C4H12OSi.C4H10OSi.2C4H9OSi.C4H9.8CH4.ClH.6Li/c1-9-13-20(14-10-2,15-11-3)17-19(7,8)16-18(5,6)12-4;1-4-8-11(7,9-5-2)10-6-3;2*1-6-9(2,3)8-10(4,5)7;1-5-6(2,3)4;3*1-4-6(2,3)5;1-3-4-2;;;;;;;;;;;;;;;/h12H,4,9-11H2,1-3,5-8H3;4-6H2,1-3H3;2*6H,1H2,2-5H3;1-4H3;4-5H,1H2,2-3H3;2*4H,1H2,2-3H3;1,3-4H2,2H3;8*1H4;1H;;;;;;/q;;2*-1;;;3*-1;;;;;;;;;;6*+1/p-1. The quantitative estimate of drug-likeness (QED) is 0.0446. The van der Waals surface area contributed by atoms with Crippen molar-refractivity contribution in [2.45, 2.75) is 258 Å². The average molecular weight is 1560 g/mol. The molecule has 16 nitrogen and oxygen atoms in total. The molecule has 0 aromatic rings. The summed E-state index contributed by atoms with van der Waals surface area (Å²) in [7, 11) is -24.5. The van der Waals surface area contributed by atoms with Crippen molar-refractivity contribution < 1.29 is 197 Å². The van der Waals surface area contributed by atoms with Gasteiger partial charge in [0.15, 0.2) is 33.3 Å². The fourth-order valence-corrected chi connectivity index (χ4v) is 27.2. The molecule has 0 unspecified atom stereocenters. The molecule has 0 bridgehead atoms. The van der Waals surface area contributed by atoms with Crippen molar-refractivity contribution in [3.8, 4) is 0 Å². The van der Waals surface area contributed by atoms with Gasteiger partial charge in [-0.1, -0.05) is 159 Å². The van der Waals surface area contributed by atoms with Gasteiger partial charge in [-0.05, 0) is 143 Å². The number of rotatable bonds is 28. The van der Waals surface area contributed by atoms with E-state index in [-0.39, 0.29) is 185 Å². The van der Waals surface area contributed by atoms with Crippen molar-refractivity contribution in [1.29, 1.82) is 0 Å². The Bertz CT molecular complexity index is 1430. The molecule has 36 heteroatoms. The summed E-state index contributed by atoms with van der Waals surface area (Å²) in [5.41, 5.74) is 10.2. The Labute approximate surface area is 687 Å². The topological polar surface area (TPSA) is 214 Å². The summed E-state index contributed by atoms with van der Waals surface area (Å²) in [6.07, 6.45) is 2.28. The van der Waals surface area contributed by atoms with Crippen LogP contribution in [0.3, 0.4) is 0 Å². The van der Waals surface area contributed by atoms with Crippen molar-refractivity contribution in [1.82, 2.24) is 0 Å². The van der Waals surface area contributed by atoms with Crippen molar-refractivity contribution in [2.24, 2.45) is 0 Å². The van der Waals surface area contributed by atoms with E-state index in [0.29, 0.717) is 39.6 Å². The molecular weight excluding hydrogens is 1400 g/mol. The zero-order chi connectivity index (χ0) is 65.7. The molecule has 552 valence electrons. The molecule has 1 N–H and O–H groups in total. The summed E-state index contributed by atoms with van der Waals surface area (Å²) in [5.74, 6) is 0. The molecule has 0 atom stereocenters. The van der Waals surface area contributed by atoms with E-state index in [0.717, 1.165) is 6.42 Å². The molecule has 0 amide bonds. The summed E-state index contributed by atoms with van der Waals surface area (Å²) in [6, 6.07) is 0. The molecule has 94 heavy (non-hydrogen) atoms.